The Morgan fingerprint density at radius 3 is 2.46 bits per heavy atom. The summed E-state index contributed by atoms with van der Waals surface area (Å²) in [6.07, 6.45) is 1.57. The summed E-state index contributed by atoms with van der Waals surface area (Å²) in [6.45, 7) is 3.96. The Morgan fingerprint density at radius 2 is 1.77 bits per heavy atom. The van der Waals surface area contributed by atoms with Gasteiger partial charge in [0.2, 0.25) is 0 Å². The van der Waals surface area contributed by atoms with Crippen molar-refractivity contribution in [3.8, 4) is 0 Å². The Labute approximate surface area is 155 Å². The molecule has 1 unspecified atom stereocenters. The van der Waals surface area contributed by atoms with Gasteiger partial charge in [0, 0.05) is 17.6 Å². The number of anilines is 2. The lowest BCUT2D eigenvalue weighted by molar-refractivity contribution is 0.102. The van der Waals surface area contributed by atoms with Crippen LogP contribution in [0.5, 0.6) is 0 Å². The second kappa shape index (κ2) is 7.93. The predicted octanol–water partition coefficient (Wildman–Crippen LogP) is 4.09. The first kappa shape index (κ1) is 17.8. The zero-order chi connectivity index (χ0) is 18.5. The number of amides is 1. The van der Waals surface area contributed by atoms with E-state index in [1.165, 1.54) is 0 Å². The summed E-state index contributed by atoms with van der Waals surface area (Å²) in [7, 11) is -1.38. The lowest BCUT2D eigenvalue weighted by Gasteiger charge is -2.11. The van der Waals surface area contributed by atoms with Crippen LogP contribution < -0.4 is 10.0 Å². The molecular weight excluding hydrogens is 346 g/mol. The molecule has 0 saturated carbocycles. The van der Waals surface area contributed by atoms with Gasteiger partial charge in [-0.25, -0.2) is 4.21 Å². The third-order valence-corrected chi connectivity index (χ3v) is 4.93. The van der Waals surface area contributed by atoms with Crippen LogP contribution in [0.4, 0.5) is 11.4 Å². The van der Waals surface area contributed by atoms with Gasteiger partial charge in [0.15, 0.2) is 0 Å². The average Bonchev–Trinajstić information content (AvgIpc) is 2.66. The Bertz CT molecular complexity index is 941. The number of carbonyl (C=O) groups is 1. The van der Waals surface area contributed by atoms with Crippen LogP contribution in [-0.4, -0.2) is 15.1 Å². The van der Waals surface area contributed by atoms with Crippen LogP contribution in [0.3, 0.4) is 0 Å². The van der Waals surface area contributed by atoms with Crippen LogP contribution in [0.1, 0.15) is 21.6 Å². The van der Waals surface area contributed by atoms with Gasteiger partial charge in [0.1, 0.15) is 16.7 Å². The van der Waals surface area contributed by atoms with Crippen molar-refractivity contribution in [2.45, 2.75) is 18.7 Å². The summed E-state index contributed by atoms with van der Waals surface area (Å²) >= 11 is 0. The molecule has 2 N–H and O–H groups in total. The lowest BCUT2D eigenvalue weighted by Crippen LogP contribution is -2.13. The molecule has 1 heterocycles. The quantitative estimate of drug-likeness (QED) is 0.715. The highest BCUT2D eigenvalue weighted by atomic mass is 32.2. The highest BCUT2D eigenvalue weighted by Gasteiger charge is 2.09. The summed E-state index contributed by atoms with van der Waals surface area (Å²) in [5, 5.41) is 2.77. The third-order valence-electron chi connectivity index (χ3n) is 3.82. The number of nitrogens with one attached hydrogen (secondary N) is 2. The molecule has 5 nitrogen and oxygen atoms in total. The van der Waals surface area contributed by atoms with Crippen LogP contribution in [0.15, 0.2) is 71.8 Å². The van der Waals surface area contributed by atoms with Crippen molar-refractivity contribution in [1.82, 2.24) is 4.98 Å². The van der Waals surface area contributed by atoms with Gasteiger partial charge in [-0.1, -0.05) is 18.2 Å². The van der Waals surface area contributed by atoms with Gasteiger partial charge in [-0.15, -0.1) is 0 Å². The Balaban J connectivity index is 1.68. The first-order valence-electron chi connectivity index (χ1n) is 8.11. The number of aromatic nitrogens is 1. The molecule has 0 aliphatic heterocycles. The van der Waals surface area contributed by atoms with E-state index in [0.717, 1.165) is 16.8 Å². The van der Waals surface area contributed by atoms with Gasteiger partial charge in [0.25, 0.3) is 5.91 Å². The third kappa shape index (κ3) is 4.34. The van der Waals surface area contributed by atoms with E-state index in [2.05, 4.69) is 15.0 Å². The molecular formula is C20H19N3O2S. The van der Waals surface area contributed by atoms with Gasteiger partial charge in [-0.05, 0) is 67.4 Å². The van der Waals surface area contributed by atoms with E-state index in [1.54, 1.807) is 48.7 Å². The Kier molecular flexibility index (Phi) is 5.43. The largest absolute Gasteiger partial charge is 0.321 e. The molecule has 0 fully saturated rings. The van der Waals surface area contributed by atoms with Crippen LogP contribution in [0.25, 0.3) is 0 Å². The minimum atomic E-state index is -1.38. The molecule has 1 aromatic heterocycles. The second-order valence-corrected chi connectivity index (χ2v) is 7.10. The van der Waals surface area contributed by atoms with Crippen molar-refractivity contribution in [2.75, 3.05) is 10.0 Å². The zero-order valence-corrected chi connectivity index (χ0v) is 15.3. The van der Waals surface area contributed by atoms with Crippen molar-refractivity contribution in [3.05, 3.63) is 83.7 Å². The molecule has 0 radical (unpaired) electrons. The smallest absolute Gasteiger partial charge is 0.274 e. The number of aryl methyl sites for hydroxylation is 2. The van der Waals surface area contributed by atoms with E-state index in [4.69, 9.17) is 0 Å². The van der Waals surface area contributed by atoms with E-state index in [9.17, 15) is 9.00 Å². The minimum Gasteiger partial charge on any atom is -0.321 e. The van der Waals surface area contributed by atoms with Gasteiger partial charge in [-0.3, -0.25) is 9.78 Å². The molecule has 1 amide bonds. The maximum atomic E-state index is 12.5. The normalized spacial score (nSPS) is 11.6. The molecule has 26 heavy (non-hydrogen) atoms. The molecule has 0 spiro atoms. The molecule has 2 aromatic carbocycles. The van der Waals surface area contributed by atoms with Crippen molar-refractivity contribution in [2.24, 2.45) is 0 Å². The van der Waals surface area contributed by atoms with Crippen molar-refractivity contribution < 1.29 is 9.00 Å². The van der Waals surface area contributed by atoms with E-state index in [-0.39, 0.29) is 5.91 Å². The molecule has 132 valence electrons. The number of pyridine rings is 1. The Morgan fingerprint density at radius 1 is 1.00 bits per heavy atom. The molecule has 6 heteroatoms. The maximum Gasteiger partial charge on any atom is 0.274 e. The van der Waals surface area contributed by atoms with Crippen molar-refractivity contribution >= 4 is 28.3 Å². The van der Waals surface area contributed by atoms with Crippen LogP contribution >= 0.6 is 0 Å². The SMILES string of the molecule is Cc1ccc(C)c(NS(=O)c2ccc(NC(=O)c3ccccn3)cc2)c1. The molecule has 3 aromatic rings. The number of hydrogen-bond acceptors (Lipinski definition) is 3. The van der Waals surface area contributed by atoms with E-state index in [0.29, 0.717) is 16.3 Å². The van der Waals surface area contributed by atoms with E-state index in [1.807, 2.05) is 32.0 Å². The van der Waals surface area contributed by atoms with Crippen LogP contribution in [0.2, 0.25) is 0 Å². The second-order valence-electron chi connectivity index (χ2n) is 5.88. The highest BCUT2D eigenvalue weighted by Crippen LogP contribution is 2.20. The fourth-order valence-corrected chi connectivity index (χ4v) is 3.28. The van der Waals surface area contributed by atoms with E-state index < -0.39 is 11.0 Å². The summed E-state index contributed by atoms with van der Waals surface area (Å²) in [4.78, 5) is 16.7. The number of carbonyl (C=O) groups excluding carboxylic acids is 1. The standard InChI is InChI=1S/C20H19N3O2S/c1-14-6-7-15(2)19(13-14)23-26(25)17-10-8-16(9-11-17)22-20(24)18-5-3-4-12-21-18/h3-13,23H,1-2H3,(H,22,24). The van der Waals surface area contributed by atoms with Crippen molar-refractivity contribution in [1.29, 1.82) is 0 Å². The monoisotopic (exact) mass is 365 g/mol. The predicted molar refractivity (Wildman–Crippen MR) is 105 cm³/mol. The number of rotatable bonds is 5. The Hall–Kier alpha value is -2.99. The average molecular weight is 365 g/mol. The van der Waals surface area contributed by atoms with Gasteiger partial charge in [-0.2, -0.15) is 0 Å². The maximum absolute atomic E-state index is 12.5. The van der Waals surface area contributed by atoms with E-state index >= 15 is 0 Å². The zero-order valence-electron chi connectivity index (χ0n) is 14.5. The molecule has 0 bridgehead atoms. The number of benzene rings is 2. The highest BCUT2D eigenvalue weighted by molar-refractivity contribution is 7.86. The molecule has 0 aliphatic carbocycles. The van der Waals surface area contributed by atoms with Crippen LogP contribution in [0, 0.1) is 13.8 Å². The summed E-state index contributed by atoms with van der Waals surface area (Å²) in [5.41, 5.74) is 3.94. The van der Waals surface area contributed by atoms with Gasteiger partial charge >= 0.3 is 0 Å². The van der Waals surface area contributed by atoms with Crippen molar-refractivity contribution in [3.63, 3.8) is 0 Å². The summed E-state index contributed by atoms with van der Waals surface area (Å²) in [6, 6.07) is 18.0. The van der Waals surface area contributed by atoms with Crippen LogP contribution in [-0.2, 0) is 11.0 Å². The number of hydrogen-bond donors (Lipinski definition) is 2. The summed E-state index contributed by atoms with van der Waals surface area (Å²) < 4.78 is 15.6. The molecule has 1 atom stereocenters. The molecule has 0 saturated heterocycles. The lowest BCUT2D eigenvalue weighted by atomic mass is 10.1. The summed E-state index contributed by atoms with van der Waals surface area (Å²) in [5.74, 6) is -0.284. The fraction of sp³-hybridized carbons (Fsp3) is 0.100. The molecule has 3 rings (SSSR count). The topological polar surface area (TPSA) is 71.1 Å². The molecule has 0 aliphatic rings. The first-order chi connectivity index (χ1) is 12.5. The number of nitrogens with zero attached hydrogens (tertiary/aromatic N) is 1. The fourth-order valence-electron chi connectivity index (χ4n) is 2.36. The first-order valence-corrected chi connectivity index (χ1v) is 9.26. The minimum absolute atomic E-state index is 0.284. The van der Waals surface area contributed by atoms with Gasteiger partial charge < -0.3 is 10.0 Å². The van der Waals surface area contributed by atoms with Gasteiger partial charge in [0.05, 0.1) is 4.90 Å².